The lowest BCUT2D eigenvalue weighted by atomic mass is 10.2. The third-order valence-corrected chi connectivity index (χ3v) is 4.51. The summed E-state index contributed by atoms with van der Waals surface area (Å²) < 4.78 is 53.6. The van der Waals surface area contributed by atoms with Crippen LogP contribution in [0.4, 0.5) is 8.78 Å². The highest BCUT2D eigenvalue weighted by Gasteiger charge is 2.22. The zero-order chi connectivity index (χ0) is 15.9. The van der Waals surface area contributed by atoms with E-state index in [0.717, 1.165) is 31.4 Å². The number of hydrogen-bond donors (Lipinski definition) is 2. The van der Waals surface area contributed by atoms with Crippen LogP contribution in [0.15, 0.2) is 17.0 Å². The van der Waals surface area contributed by atoms with Gasteiger partial charge in [-0.05, 0) is 31.2 Å². The first-order valence-corrected chi connectivity index (χ1v) is 8.53. The Balaban J connectivity index is 2.86. The van der Waals surface area contributed by atoms with E-state index in [9.17, 15) is 17.2 Å². The Morgan fingerprint density at radius 1 is 1.14 bits per heavy atom. The lowest BCUT2D eigenvalue weighted by Gasteiger charge is -2.10. The molecule has 0 bridgehead atoms. The van der Waals surface area contributed by atoms with Crippen molar-refractivity contribution in [2.24, 2.45) is 0 Å². The van der Waals surface area contributed by atoms with Gasteiger partial charge < -0.3 is 5.32 Å². The van der Waals surface area contributed by atoms with Crippen molar-refractivity contribution in [2.45, 2.75) is 44.0 Å². The average molecular weight is 320 g/mol. The fourth-order valence-corrected chi connectivity index (χ4v) is 3.16. The first-order chi connectivity index (χ1) is 9.92. The molecule has 21 heavy (non-hydrogen) atoms. The monoisotopic (exact) mass is 320 g/mol. The molecule has 0 aliphatic rings. The second-order valence-electron chi connectivity index (χ2n) is 4.88. The summed E-state index contributed by atoms with van der Waals surface area (Å²) in [6, 6.07) is 2.15. The van der Waals surface area contributed by atoms with Gasteiger partial charge in [0, 0.05) is 13.1 Å². The van der Waals surface area contributed by atoms with Crippen LogP contribution in [0.25, 0.3) is 0 Å². The molecule has 1 aromatic carbocycles. The molecular formula is C14H22F2N2O2S. The molecule has 4 nitrogen and oxygen atoms in total. The fraction of sp³-hybridized carbons (Fsp3) is 0.571. The molecular weight excluding hydrogens is 298 g/mol. The number of nitrogens with one attached hydrogen (secondary N) is 2. The standard InChI is InChI=1S/C14H22F2N2O2S/c1-3-4-5-6-7-18-21(19,20)13-9-11(10-17-2)8-12(15)14(13)16/h8-9,17-18H,3-7,10H2,1-2H3. The van der Waals surface area contributed by atoms with Crippen molar-refractivity contribution in [3.8, 4) is 0 Å². The van der Waals surface area contributed by atoms with Crippen molar-refractivity contribution in [2.75, 3.05) is 13.6 Å². The van der Waals surface area contributed by atoms with Crippen LogP contribution in [0.1, 0.15) is 38.2 Å². The third kappa shape index (κ3) is 5.33. The molecule has 0 amide bonds. The third-order valence-electron chi connectivity index (χ3n) is 3.05. The minimum atomic E-state index is -4.03. The Morgan fingerprint density at radius 3 is 2.48 bits per heavy atom. The van der Waals surface area contributed by atoms with Gasteiger partial charge in [-0.1, -0.05) is 26.2 Å². The molecule has 0 heterocycles. The summed E-state index contributed by atoms with van der Waals surface area (Å²) in [5, 5.41) is 2.77. The van der Waals surface area contributed by atoms with Crippen molar-refractivity contribution >= 4 is 10.0 Å². The Labute approximate surface area is 125 Å². The highest BCUT2D eigenvalue weighted by atomic mass is 32.2. The molecule has 0 aliphatic carbocycles. The summed E-state index contributed by atoms with van der Waals surface area (Å²) in [6.45, 7) is 2.53. The van der Waals surface area contributed by atoms with E-state index in [0.29, 0.717) is 12.0 Å². The van der Waals surface area contributed by atoms with Crippen LogP contribution in [0, 0.1) is 11.6 Å². The molecule has 1 rings (SSSR count). The average Bonchev–Trinajstić information content (AvgIpc) is 2.42. The lowest BCUT2D eigenvalue weighted by Crippen LogP contribution is -2.26. The highest BCUT2D eigenvalue weighted by Crippen LogP contribution is 2.20. The van der Waals surface area contributed by atoms with Crippen LogP contribution in [-0.2, 0) is 16.6 Å². The normalized spacial score (nSPS) is 11.8. The number of halogens is 2. The minimum Gasteiger partial charge on any atom is -0.316 e. The van der Waals surface area contributed by atoms with Crippen molar-refractivity contribution < 1.29 is 17.2 Å². The van der Waals surface area contributed by atoms with Crippen LogP contribution in [0.5, 0.6) is 0 Å². The van der Waals surface area contributed by atoms with Gasteiger partial charge in [0.25, 0.3) is 0 Å². The van der Waals surface area contributed by atoms with Crippen molar-refractivity contribution in [1.29, 1.82) is 0 Å². The van der Waals surface area contributed by atoms with E-state index >= 15 is 0 Å². The van der Waals surface area contributed by atoms with Gasteiger partial charge in [-0.15, -0.1) is 0 Å². The molecule has 2 N–H and O–H groups in total. The van der Waals surface area contributed by atoms with Crippen LogP contribution in [0.3, 0.4) is 0 Å². The summed E-state index contributed by atoms with van der Waals surface area (Å²) in [4.78, 5) is -0.636. The van der Waals surface area contributed by atoms with E-state index in [1.807, 2.05) is 0 Å². The molecule has 0 aliphatic heterocycles. The van der Waals surface area contributed by atoms with Crippen LogP contribution in [0.2, 0.25) is 0 Å². The SMILES string of the molecule is CCCCCCNS(=O)(=O)c1cc(CNC)cc(F)c1F. The number of unbranched alkanes of at least 4 members (excludes halogenated alkanes) is 3. The predicted molar refractivity (Wildman–Crippen MR) is 78.5 cm³/mol. The maximum Gasteiger partial charge on any atom is 0.243 e. The zero-order valence-corrected chi connectivity index (χ0v) is 13.2. The van der Waals surface area contributed by atoms with Gasteiger partial charge in [-0.3, -0.25) is 0 Å². The Morgan fingerprint density at radius 2 is 1.86 bits per heavy atom. The summed E-state index contributed by atoms with van der Waals surface area (Å²) in [7, 11) is -2.39. The van der Waals surface area contributed by atoms with Crippen LogP contribution in [-0.4, -0.2) is 22.0 Å². The molecule has 0 radical (unpaired) electrons. The highest BCUT2D eigenvalue weighted by molar-refractivity contribution is 7.89. The molecule has 0 aromatic heterocycles. The van der Waals surface area contributed by atoms with Crippen molar-refractivity contribution in [1.82, 2.24) is 10.0 Å². The quantitative estimate of drug-likeness (QED) is 0.688. The Kier molecular flexibility index (Phi) is 7.21. The van der Waals surface area contributed by atoms with E-state index in [-0.39, 0.29) is 13.1 Å². The largest absolute Gasteiger partial charge is 0.316 e. The van der Waals surface area contributed by atoms with E-state index in [1.54, 1.807) is 7.05 Å². The summed E-state index contributed by atoms with van der Waals surface area (Å²) in [5.74, 6) is -2.50. The van der Waals surface area contributed by atoms with Gasteiger partial charge >= 0.3 is 0 Å². The maximum atomic E-state index is 13.7. The van der Waals surface area contributed by atoms with Gasteiger partial charge in [0.15, 0.2) is 11.6 Å². The molecule has 0 spiro atoms. The van der Waals surface area contributed by atoms with E-state index < -0.39 is 26.6 Å². The van der Waals surface area contributed by atoms with Crippen molar-refractivity contribution in [3.05, 3.63) is 29.3 Å². The first-order valence-electron chi connectivity index (χ1n) is 7.04. The van der Waals surface area contributed by atoms with Gasteiger partial charge in [-0.2, -0.15) is 0 Å². The molecule has 0 unspecified atom stereocenters. The van der Waals surface area contributed by atoms with E-state index in [4.69, 9.17) is 0 Å². The fourth-order valence-electron chi connectivity index (χ4n) is 1.96. The lowest BCUT2D eigenvalue weighted by molar-refractivity contribution is 0.480. The molecule has 1 aromatic rings. The van der Waals surface area contributed by atoms with Crippen LogP contribution < -0.4 is 10.0 Å². The van der Waals surface area contributed by atoms with Crippen molar-refractivity contribution in [3.63, 3.8) is 0 Å². The van der Waals surface area contributed by atoms with Gasteiger partial charge in [0.05, 0.1) is 0 Å². The predicted octanol–water partition coefficient (Wildman–Crippen LogP) is 2.54. The number of hydrogen-bond acceptors (Lipinski definition) is 3. The Bertz CT molecular complexity index is 562. The second kappa shape index (κ2) is 8.41. The Hall–Kier alpha value is -1.05. The zero-order valence-electron chi connectivity index (χ0n) is 12.4. The van der Waals surface area contributed by atoms with Gasteiger partial charge in [0.1, 0.15) is 4.90 Å². The molecule has 0 atom stereocenters. The van der Waals surface area contributed by atoms with Gasteiger partial charge in [0.2, 0.25) is 10.0 Å². The smallest absolute Gasteiger partial charge is 0.243 e. The summed E-state index contributed by atoms with van der Waals surface area (Å²) in [5.41, 5.74) is 0.378. The molecule has 0 saturated heterocycles. The molecule has 0 fully saturated rings. The number of benzene rings is 1. The molecule has 120 valence electrons. The number of sulfonamides is 1. The van der Waals surface area contributed by atoms with E-state index in [1.165, 1.54) is 0 Å². The van der Waals surface area contributed by atoms with E-state index in [2.05, 4.69) is 17.0 Å². The van der Waals surface area contributed by atoms with Crippen LogP contribution >= 0.6 is 0 Å². The summed E-state index contributed by atoms with van der Waals surface area (Å²) >= 11 is 0. The first kappa shape index (κ1) is 18.0. The second-order valence-corrected chi connectivity index (χ2v) is 6.61. The molecule has 7 heteroatoms. The number of rotatable bonds is 9. The maximum absolute atomic E-state index is 13.7. The molecule has 0 saturated carbocycles. The van der Waals surface area contributed by atoms with Gasteiger partial charge in [-0.25, -0.2) is 21.9 Å². The topological polar surface area (TPSA) is 58.2 Å². The minimum absolute atomic E-state index is 0.222. The summed E-state index contributed by atoms with van der Waals surface area (Å²) in [6.07, 6.45) is 3.63.